The Kier molecular flexibility index (Phi) is 3.01. The molecule has 4 rings (SSSR count). The summed E-state index contributed by atoms with van der Waals surface area (Å²) in [6, 6.07) is 5.13. The molecule has 0 fully saturated rings. The van der Waals surface area contributed by atoms with Crippen molar-refractivity contribution in [2.45, 2.75) is 13.0 Å². The third-order valence-corrected chi connectivity index (χ3v) is 4.29. The maximum Gasteiger partial charge on any atom is 0.325 e. The molecule has 0 saturated heterocycles. The van der Waals surface area contributed by atoms with Gasteiger partial charge in [0.2, 0.25) is 5.95 Å². The highest BCUT2D eigenvalue weighted by Crippen LogP contribution is 2.26. The Morgan fingerprint density at radius 1 is 1.43 bits per heavy atom. The van der Waals surface area contributed by atoms with Crippen LogP contribution in [0.3, 0.4) is 0 Å². The number of nitrogens with zero attached hydrogens (tertiary/aromatic N) is 4. The summed E-state index contributed by atoms with van der Waals surface area (Å²) in [4.78, 5) is 23.9. The second-order valence-electron chi connectivity index (χ2n) is 5.06. The fourth-order valence-electron chi connectivity index (χ4n) is 2.31. The molecule has 0 bridgehead atoms. The first-order chi connectivity index (χ1) is 11.1. The van der Waals surface area contributed by atoms with Gasteiger partial charge in [-0.2, -0.15) is 4.98 Å². The Balaban J connectivity index is 1.75. The number of hydrogen-bond donors (Lipinski definition) is 3. The lowest BCUT2D eigenvalue weighted by Crippen LogP contribution is -2.26. The van der Waals surface area contributed by atoms with Gasteiger partial charge >= 0.3 is 5.97 Å². The Hall–Kier alpha value is -2.94. The first-order valence-electron chi connectivity index (χ1n) is 6.89. The number of aromatic nitrogens is 5. The molecule has 116 valence electrons. The zero-order valence-corrected chi connectivity index (χ0v) is 12.8. The predicted octanol–water partition coefficient (Wildman–Crippen LogP) is 2.22. The van der Waals surface area contributed by atoms with Crippen LogP contribution in [0, 0.1) is 0 Å². The van der Waals surface area contributed by atoms with Crippen LogP contribution in [0.4, 0.5) is 5.95 Å². The van der Waals surface area contributed by atoms with Gasteiger partial charge in [0.05, 0.1) is 11.0 Å². The van der Waals surface area contributed by atoms with Crippen molar-refractivity contribution in [3.63, 3.8) is 0 Å². The molecule has 3 N–H and O–H groups in total. The minimum Gasteiger partial charge on any atom is -0.480 e. The van der Waals surface area contributed by atoms with E-state index in [4.69, 9.17) is 5.11 Å². The Morgan fingerprint density at radius 3 is 3.04 bits per heavy atom. The number of imidazole rings is 1. The third kappa shape index (κ3) is 2.30. The molecule has 1 atom stereocenters. The molecule has 0 amide bonds. The van der Waals surface area contributed by atoms with Crippen molar-refractivity contribution in [3.05, 3.63) is 29.8 Å². The molecule has 23 heavy (non-hydrogen) atoms. The van der Waals surface area contributed by atoms with E-state index in [1.807, 2.05) is 23.6 Å². The van der Waals surface area contributed by atoms with Gasteiger partial charge in [-0.3, -0.25) is 9.89 Å². The molecule has 9 heteroatoms. The molecule has 1 unspecified atom stereocenters. The Morgan fingerprint density at radius 2 is 2.30 bits per heavy atom. The summed E-state index contributed by atoms with van der Waals surface area (Å²) in [6.07, 6.45) is 1.77. The number of H-pyrrole nitrogens is 1. The van der Waals surface area contributed by atoms with E-state index < -0.39 is 12.0 Å². The van der Waals surface area contributed by atoms with Crippen LogP contribution < -0.4 is 5.32 Å². The number of aliphatic carboxylic acids is 1. The molecular weight excluding hydrogens is 316 g/mol. The lowest BCUT2D eigenvalue weighted by molar-refractivity contribution is -0.137. The van der Waals surface area contributed by atoms with Crippen LogP contribution in [0.25, 0.3) is 27.4 Å². The van der Waals surface area contributed by atoms with Crippen LogP contribution >= 0.6 is 11.3 Å². The van der Waals surface area contributed by atoms with Crippen LogP contribution in [0.5, 0.6) is 0 Å². The smallest absolute Gasteiger partial charge is 0.325 e. The summed E-state index contributed by atoms with van der Waals surface area (Å²) in [7, 11) is 0. The van der Waals surface area contributed by atoms with Gasteiger partial charge in [-0.15, -0.1) is 11.3 Å². The zero-order chi connectivity index (χ0) is 16.0. The summed E-state index contributed by atoms with van der Waals surface area (Å²) in [6.45, 7) is 1.55. The summed E-state index contributed by atoms with van der Waals surface area (Å²) in [5.74, 6) is -0.0957. The molecule has 0 aliphatic carbocycles. The topological polar surface area (TPSA) is 108 Å². The number of nitrogens with one attached hydrogen (secondary N) is 2. The molecule has 1 aromatic carbocycles. The standard InChI is InChI=1S/C14H12N6O2S/c1-7(12(21)22)16-13-18-14-17-9-6-8(11-15-4-5-23-11)2-3-10(9)20(14)19-13/h2-7H,1H3,(H,21,22)(H2,16,17,18,19). The average Bonchev–Trinajstić information content (AvgIpc) is 3.21. The zero-order valence-electron chi connectivity index (χ0n) is 12.0. The maximum absolute atomic E-state index is 10.9. The second kappa shape index (κ2) is 5.06. The van der Waals surface area contributed by atoms with Gasteiger partial charge < -0.3 is 10.4 Å². The van der Waals surface area contributed by atoms with Crippen LogP contribution in [-0.2, 0) is 4.79 Å². The number of fused-ring (bicyclic) bond motifs is 3. The maximum atomic E-state index is 10.9. The summed E-state index contributed by atoms with van der Waals surface area (Å²) in [5.41, 5.74) is 2.67. The number of carbonyl (C=O) groups is 1. The van der Waals surface area contributed by atoms with Gasteiger partial charge in [-0.05, 0) is 25.1 Å². The van der Waals surface area contributed by atoms with Gasteiger partial charge in [-0.25, -0.2) is 14.5 Å². The number of aromatic amines is 1. The normalized spacial score (nSPS) is 12.7. The summed E-state index contributed by atoms with van der Waals surface area (Å²) >= 11 is 1.57. The molecule has 3 heterocycles. The fourth-order valence-corrected chi connectivity index (χ4v) is 2.95. The molecule has 0 aliphatic rings. The first kappa shape index (κ1) is 13.7. The number of benzene rings is 1. The van der Waals surface area contributed by atoms with Gasteiger partial charge in [0.15, 0.2) is 0 Å². The van der Waals surface area contributed by atoms with Gasteiger partial charge in [0, 0.05) is 17.1 Å². The van der Waals surface area contributed by atoms with Crippen LogP contribution in [0.2, 0.25) is 0 Å². The lowest BCUT2D eigenvalue weighted by atomic mass is 10.2. The number of carboxylic acids is 1. The van der Waals surface area contributed by atoms with Crippen molar-refractivity contribution < 1.29 is 9.90 Å². The molecule has 4 aromatic rings. The molecule has 0 saturated carbocycles. The van der Waals surface area contributed by atoms with Gasteiger partial charge in [0.1, 0.15) is 11.0 Å². The molecule has 3 aromatic heterocycles. The second-order valence-corrected chi connectivity index (χ2v) is 5.96. The van der Waals surface area contributed by atoms with Crippen molar-refractivity contribution in [2.24, 2.45) is 0 Å². The van der Waals surface area contributed by atoms with E-state index in [2.05, 4.69) is 25.4 Å². The first-order valence-corrected chi connectivity index (χ1v) is 7.77. The van der Waals surface area contributed by atoms with Crippen molar-refractivity contribution in [1.82, 2.24) is 24.6 Å². The predicted molar refractivity (Wildman–Crippen MR) is 86.7 cm³/mol. The van der Waals surface area contributed by atoms with E-state index in [1.54, 1.807) is 29.0 Å². The monoisotopic (exact) mass is 328 g/mol. The van der Waals surface area contributed by atoms with E-state index in [9.17, 15) is 4.79 Å². The van der Waals surface area contributed by atoms with Crippen molar-refractivity contribution in [2.75, 3.05) is 5.32 Å². The van der Waals surface area contributed by atoms with Crippen molar-refractivity contribution >= 4 is 40.1 Å². The SMILES string of the molecule is CC(Nc1nc2nc3cc(-c4nccs4)ccc3n2[nH]1)C(=O)O. The number of carboxylic acid groups (broad SMARTS) is 1. The molecular formula is C14H12N6O2S. The highest BCUT2D eigenvalue weighted by atomic mass is 32.1. The summed E-state index contributed by atoms with van der Waals surface area (Å²) in [5, 5.41) is 17.6. The molecule has 0 aliphatic heterocycles. The Labute approximate surface area is 133 Å². The quantitative estimate of drug-likeness (QED) is 0.530. The van der Waals surface area contributed by atoms with E-state index in [0.29, 0.717) is 11.7 Å². The van der Waals surface area contributed by atoms with Crippen LogP contribution in [-0.4, -0.2) is 41.7 Å². The van der Waals surface area contributed by atoms with Crippen LogP contribution in [0.1, 0.15) is 6.92 Å². The minimum absolute atomic E-state index is 0.369. The van der Waals surface area contributed by atoms with E-state index in [1.165, 1.54) is 0 Å². The average molecular weight is 328 g/mol. The Bertz CT molecular complexity index is 1000. The highest BCUT2D eigenvalue weighted by molar-refractivity contribution is 7.13. The molecule has 0 spiro atoms. The van der Waals surface area contributed by atoms with Gasteiger partial charge in [0.25, 0.3) is 5.78 Å². The van der Waals surface area contributed by atoms with E-state index in [-0.39, 0.29) is 0 Å². The highest BCUT2D eigenvalue weighted by Gasteiger charge is 2.15. The van der Waals surface area contributed by atoms with Crippen molar-refractivity contribution in [1.29, 1.82) is 0 Å². The van der Waals surface area contributed by atoms with E-state index in [0.717, 1.165) is 21.6 Å². The third-order valence-electron chi connectivity index (χ3n) is 3.47. The fraction of sp³-hybridized carbons (Fsp3) is 0.143. The van der Waals surface area contributed by atoms with Crippen molar-refractivity contribution in [3.8, 4) is 10.6 Å². The van der Waals surface area contributed by atoms with Crippen LogP contribution in [0.15, 0.2) is 29.8 Å². The molecule has 8 nitrogen and oxygen atoms in total. The number of hydrogen-bond acceptors (Lipinski definition) is 6. The molecule has 0 radical (unpaired) electrons. The lowest BCUT2D eigenvalue weighted by Gasteiger charge is -2.06. The van der Waals surface area contributed by atoms with Gasteiger partial charge in [-0.1, -0.05) is 0 Å². The van der Waals surface area contributed by atoms with E-state index >= 15 is 0 Å². The largest absolute Gasteiger partial charge is 0.480 e. The minimum atomic E-state index is -0.947. The number of thiazole rings is 1. The number of anilines is 1. The summed E-state index contributed by atoms with van der Waals surface area (Å²) < 4.78 is 1.72. The number of rotatable bonds is 4.